The summed E-state index contributed by atoms with van der Waals surface area (Å²) in [6.07, 6.45) is 1.92. The van der Waals surface area contributed by atoms with Crippen molar-refractivity contribution in [3.05, 3.63) is 47.5 Å². The number of aryl methyl sites for hydroxylation is 1. The van der Waals surface area contributed by atoms with Crippen LogP contribution in [-0.2, 0) is 21.4 Å². The summed E-state index contributed by atoms with van der Waals surface area (Å²) in [5, 5.41) is 9.12. The number of nitrogens with one attached hydrogen (secondary N) is 1. The molecule has 1 heterocycles. The normalized spacial score (nSPS) is 11.7. The van der Waals surface area contributed by atoms with Gasteiger partial charge in [0.05, 0.1) is 32.4 Å². The molecule has 3 aromatic rings. The Bertz CT molecular complexity index is 1150. The van der Waals surface area contributed by atoms with E-state index in [1.54, 1.807) is 30.3 Å². The number of imidazole rings is 1. The molecule has 1 amide bonds. The van der Waals surface area contributed by atoms with Crippen molar-refractivity contribution in [3.8, 4) is 0 Å². The molecule has 0 bridgehead atoms. The van der Waals surface area contributed by atoms with Gasteiger partial charge in [-0.3, -0.25) is 4.79 Å². The lowest BCUT2D eigenvalue weighted by molar-refractivity contribution is -0.113. The summed E-state index contributed by atoms with van der Waals surface area (Å²) >= 11 is 7.36. The SMILES string of the molecule is CCCCn1c(SCC(=O)Nc2ccccc2Cl)nc2cc(S(N)(=O)=O)ccc21. The Kier molecular flexibility index (Phi) is 6.84. The molecule has 10 heteroatoms. The first-order valence-corrected chi connectivity index (χ1v) is 11.9. The number of thioether (sulfide) groups is 1. The van der Waals surface area contributed by atoms with E-state index in [1.807, 2.05) is 4.57 Å². The van der Waals surface area contributed by atoms with Crippen LogP contribution in [0.5, 0.6) is 0 Å². The first-order valence-electron chi connectivity index (χ1n) is 9.00. The molecule has 29 heavy (non-hydrogen) atoms. The highest BCUT2D eigenvalue weighted by atomic mass is 35.5. The van der Waals surface area contributed by atoms with Crippen molar-refractivity contribution < 1.29 is 13.2 Å². The number of aromatic nitrogens is 2. The van der Waals surface area contributed by atoms with E-state index >= 15 is 0 Å². The number of amides is 1. The average Bonchev–Trinajstić information content (AvgIpc) is 3.02. The molecule has 0 spiro atoms. The van der Waals surface area contributed by atoms with Gasteiger partial charge < -0.3 is 9.88 Å². The lowest BCUT2D eigenvalue weighted by Crippen LogP contribution is -2.15. The van der Waals surface area contributed by atoms with Gasteiger partial charge in [-0.25, -0.2) is 18.5 Å². The molecule has 0 fully saturated rings. The van der Waals surface area contributed by atoms with Crippen LogP contribution in [0.4, 0.5) is 5.69 Å². The molecular weight excluding hydrogens is 432 g/mol. The fourth-order valence-electron chi connectivity index (χ4n) is 2.79. The maximum Gasteiger partial charge on any atom is 0.238 e. The molecule has 7 nitrogen and oxygen atoms in total. The molecule has 0 aliphatic carbocycles. The third kappa shape index (κ3) is 5.30. The Morgan fingerprint density at radius 2 is 2.03 bits per heavy atom. The molecule has 0 radical (unpaired) electrons. The summed E-state index contributed by atoms with van der Waals surface area (Å²) < 4.78 is 25.3. The van der Waals surface area contributed by atoms with Gasteiger partial charge >= 0.3 is 0 Å². The average molecular weight is 453 g/mol. The zero-order valence-electron chi connectivity index (χ0n) is 15.8. The number of halogens is 1. The molecule has 0 aliphatic heterocycles. The van der Waals surface area contributed by atoms with Crippen LogP contribution in [0.3, 0.4) is 0 Å². The highest BCUT2D eigenvalue weighted by Crippen LogP contribution is 2.27. The largest absolute Gasteiger partial charge is 0.324 e. The fourth-order valence-corrected chi connectivity index (χ4v) is 4.34. The first-order chi connectivity index (χ1) is 13.8. The van der Waals surface area contributed by atoms with Gasteiger partial charge in [-0.1, -0.05) is 48.8 Å². The summed E-state index contributed by atoms with van der Waals surface area (Å²) in [5.74, 6) is -0.0645. The molecule has 1 aromatic heterocycles. The van der Waals surface area contributed by atoms with E-state index in [9.17, 15) is 13.2 Å². The Balaban J connectivity index is 1.83. The molecule has 2 aromatic carbocycles. The Labute approximate surface area is 178 Å². The molecule has 0 saturated carbocycles. The summed E-state index contributed by atoms with van der Waals surface area (Å²) in [6, 6.07) is 11.7. The van der Waals surface area contributed by atoms with Gasteiger partial charge in [0.15, 0.2) is 5.16 Å². The molecule has 0 atom stereocenters. The number of benzene rings is 2. The predicted octanol–water partition coefficient (Wildman–Crippen LogP) is 3.87. The Hall–Kier alpha value is -2.07. The van der Waals surface area contributed by atoms with Crippen LogP contribution in [-0.4, -0.2) is 29.6 Å². The number of carbonyl (C=O) groups excluding carboxylic acids is 1. The number of hydrogen-bond acceptors (Lipinski definition) is 5. The number of nitrogens with zero attached hydrogens (tertiary/aromatic N) is 2. The number of anilines is 1. The zero-order valence-corrected chi connectivity index (χ0v) is 18.1. The summed E-state index contributed by atoms with van der Waals surface area (Å²) in [6.45, 7) is 2.80. The summed E-state index contributed by atoms with van der Waals surface area (Å²) in [4.78, 5) is 16.9. The third-order valence-corrected chi connectivity index (χ3v) is 6.45. The van der Waals surface area contributed by atoms with E-state index in [2.05, 4.69) is 17.2 Å². The smallest absolute Gasteiger partial charge is 0.238 e. The van der Waals surface area contributed by atoms with Crippen LogP contribution in [0.15, 0.2) is 52.5 Å². The summed E-state index contributed by atoms with van der Waals surface area (Å²) in [5.41, 5.74) is 1.89. The number of sulfonamides is 1. The zero-order chi connectivity index (χ0) is 21.0. The van der Waals surface area contributed by atoms with Crippen LogP contribution in [0.1, 0.15) is 19.8 Å². The molecule has 154 valence electrons. The van der Waals surface area contributed by atoms with E-state index in [4.69, 9.17) is 16.7 Å². The van der Waals surface area contributed by atoms with E-state index in [0.29, 0.717) is 21.4 Å². The van der Waals surface area contributed by atoms with Crippen LogP contribution in [0.25, 0.3) is 11.0 Å². The number of para-hydroxylation sites is 1. The number of nitrogens with two attached hydrogens (primary N) is 1. The van der Waals surface area contributed by atoms with Crippen LogP contribution < -0.4 is 10.5 Å². The quantitative estimate of drug-likeness (QED) is 0.504. The maximum absolute atomic E-state index is 12.3. The van der Waals surface area contributed by atoms with Gasteiger partial charge in [0.25, 0.3) is 0 Å². The van der Waals surface area contributed by atoms with Crippen molar-refractivity contribution in [1.82, 2.24) is 9.55 Å². The van der Waals surface area contributed by atoms with Gasteiger partial charge in [-0.2, -0.15) is 0 Å². The number of hydrogen-bond donors (Lipinski definition) is 2. The Morgan fingerprint density at radius 1 is 1.28 bits per heavy atom. The molecule has 0 unspecified atom stereocenters. The second kappa shape index (κ2) is 9.17. The van der Waals surface area contributed by atoms with Gasteiger partial charge in [-0.05, 0) is 36.8 Å². The van der Waals surface area contributed by atoms with Gasteiger partial charge in [-0.15, -0.1) is 0 Å². The van der Waals surface area contributed by atoms with E-state index in [1.165, 1.54) is 23.9 Å². The van der Waals surface area contributed by atoms with E-state index in [0.717, 1.165) is 24.9 Å². The predicted molar refractivity (Wildman–Crippen MR) is 117 cm³/mol. The topological polar surface area (TPSA) is 107 Å². The van der Waals surface area contributed by atoms with Crippen LogP contribution in [0.2, 0.25) is 5.02 Å². The molecule has 0 saturated heterocycles. The van der Waals surface area contributed by atoms with Gasteiger partial charge in [0.1, 0.15) is 0 Å². The molecule has 3 N–H and O–H groups in total. The van der Waals surface area contributed by atoms with Crippen LogP contribution in [0, 0.1) is 0 Å². The number of carbonyl (C=O) groups is 1. The first kappa shape index (κ1) is 21.6. The highest BCUT2D eigenvalue weighted by molar-refractivity contribution is 7.99. The molecular formula is C19H21ClN4O3S2. The van der Waals surface area contributed by atoms with Crippen molar-refractivity contribution in [3.63, 3.8) is 0 Å². The Morgan fingerprint density at radius 3 is 2.72 bits per heavy atom. The standard InChI is InChI=1S/C19H21ClN4O3S2/c1-2-3-10-24-17-9-8-13(29(21,26)27)11-16(17)23-19(24)28-12-18(25)22-15-7-5-4-6-14(15)20/h4-9,11H,2-3,10,12H2,1H3,(H,22,25)(H2,21,26,27). The maximum atomic E-state index is 12.3. The van der Waals surface area contributed by atoms with Crippen LogP contribution >= 0.6 is 23.4 Å². The van der Waals surface area contributed by atoms with E-state index in [-0.39, 0.29) is 16.6 Å². The lowest BCUT2D eigenvalue weighted by Gasteiger charge is -2.09. The third-order valence-electron chi connectivity index (χ3n) is 4.23. The highest BCUT2D eigenvalue weighted by Gasteiger charge is 2.16. The van der Waals surface area contributed by atoms with Crippen molar-refractivity contribution >= 4 is 56.0 Å². The number of unbranched alkanes of at least 4 members (excludes halogenated alkanes) is 1. The van der Waals surface area contributed by atoms with Gasteiger partial charge in [0.2, 0.25) is 15.9 Å². The van der Waals surface area contributed by atoms with Crippen molar-refractivity contribution in [2.24, 2.45) is 5.14 Å². The number of rotatable bonds is 8. The van der Waals surface area contributed by atoms with Gasteiger partial charge in [0, 0.05) is 6.54 Å². The minimum atomic E-state index is -3.81. The number of primary sulfonamides is 1. The molecule has 3 rings (SSSR count). The van der Waals surface area contributed by atoms with Crippen molar-refractivity contribution in [2.45, 2.75) is 36.4 Å². The minimum absolute atomic E-state index is 0.0122. The second-order valence-electron chi connectivity index (χ2n) is 6.41. The second-order valence-corrected chi connectivity index (χ2v) is 9.32. The summed E-state index contributed by atoms with van der Waals surface area (Å²) in [7, 11) is -3.81. The monoisotopic (exact) mass is 452 g/mol. The number of fused-ring (bicyclic) bond motifs is 1. The molecule has 0 aliphatic rings. The lowest BCUT2D eigenvalue weighted by atomic mass is 10.3. The van der Waals surface area contributed by atoms with Crippen molar-refractivity contribution in [1.29, 1.82) is 0 Å². The van der Waals surface area contributed by atoms with Crippen molar-refractivity contribution in [2.75, 3.05) is 11.1 Å². The minimum Gasteiger partial charge on any atom is -0.324 e. The van der Waals surface area contributed by atoms with E-state index < -0.39 is 10.0 Å². The fraction of sp³-hybridized carbons (Fsp3) is 0.263.